The molecule has 0 spiro atoms. The smallest absolute Gasteiger partial charge is 0.345 e. The minimum atomic E-state index is -0.501. The lowest BCUT2D eigenvalue weighted by Crippen LogP contribution is -2.54. The van der Waals surface area contributed by atoms with E-state index in [2.05, 4.69) is 15.0 Å². The highest BCUT2D eigenvalue weighted by Crippen LogP contribution is 2.19. The Morgan fingerprint density at radius 1 is 1.37 bits per heavy atom. The summed E-state index contributed by atoms with van der Waals surface area (Å²) in [5.74, 6) is 0.421. The number of nitrogens with one attached hydrogen (secondary N) is 1. The third kappa shape index (κ3) is 4.50. The zero-order valence-electron chi connectivity index (χ0n) is 15.8. The number of hydrogen-bond donors (Lipinski definition) is 1. The van der Waals surface area contributed by atoms with E-state index in [0.29, 0.717) is 37.8 Å². The van der Waals surface area contributed by atoms with Crippen molar-refractivity contribution in [1.82, 2.24) is 19.9 Å². The Hall–Kier alpha value is -2.77. The number of anilines is 1. The van der Waals surface area contributed by atoms with Gasteiger partial charge in [-0.25, -0.2) is 14.2 Å². The number of amides is 1. The molecule has 1 amide bonds. The summed E-state index contributed by atoms with van der Waals surface area (Å²) in [6.07, 6.45) is 1.87. The SMILES string of the molecule is CC(C)Cc1cc(C(=O)N2CCN(c3ccc(F)cn3)C(C)C2)nc(=O)[nH]1. The van der Waals surface area contributed by atoms with Crippen molar-refractivity contribution in [2.45, 2.75) is 33.2 Å². The number of aromatic nitrogens is 3. The molecule has 27 heavy (non-hydrogen) atoms. The van der Waals surface area contributed by atoms with Crippen LogP contribution in [0.3, 0.4) is 0 Å². The molecular formula is C19H24FN5O2. The largest absolute Gasteiger partial charge is 0.350 e. The Bertz CT molecular complexity index is 865. The predicted molar refractivity (Wildman–Crippen MR) is 100 cm³/mol. The second kappa shape index (κ2) is 7.85. The van der Waals surface area contributed by atoms with Crippen LogP contribution in [0.2, 0.25) is 0 Å². The van der Waals surface area contributed by atoms with E-state index < -0.39 is 5.69 Å². The monoisotopic (exact) mass is 373 g/mol. The number of H-pyrrole nitrogens is 1. The molecule has 7 nitrogen and oxygen atoms in total. The van der Waals surface area contributed by atoms with Gasteiger partial charge in [-0.3, -0.25) is 4.79 Å². The summed E-state index contributed by atoms with van der Waals surface area (Å²) in [5, 5.41) is 0. The fourth-order valence-corrected chi connectivity index (χ4v) is 3.35. The molecule has 0 aliphatic carbocycles. The maximum Gasteiger partial charge on any atom is 0.345 e. The van der Waals surface area contributed by atoms with Crippen LogP contribution in [-0.4, -0.2) is 51.4 Å². The highest BCUT2D eigenvalue weighted by molar-refractivity contribution is 5.92. The highest BCUT2D eigenvalue weighted by atomic mass is 19.1. The first-order valence-electron chi connectivity index (χ1n) is 9.11. The van der Waals surface area contributed by atoms with Gasteiger partial charge in [-0.05, 0) is 37.5 Å². The van der Waals surface area contributed by atoms with E-state index in [-0.39, 0.29) is 23.5 Å². The normalized spacial score (nSPS) is 17.4. The number of carbonyl (C=O) groups is 1. The minimum absolute atomic E-state index is 0.0118. The molecule has 1 aliphatic rings. The van der Waals surface area contributed by atoms with Crippen LogP contribution >= 0.6 is 0 Å². The van der Waals surface area contributed by atoms with Crippen molar-refractivity contribution in [3.8, 4) is 0 Å². The Morgan fingerprint density at radius 3 is 2.78 bits per heavy atom. The number of carbonyl (C=O) groups excluding carboxylic acids is 1. The van der Waals surface area contributed by atoms with Crippen molar-refractivity contribution < 1.29 is 9.18 Å². The molecule has 2 aromatic heterocycles. The van der Waals surface area contributed by atoms with Crippen molar-refractivity contribution in [1.29, 1.82) is 0 Å². The van der Waals surface area contributed by atoms with Gasteiger partial charge in [0.1, 0.15) is 17.3 Å². The van der Waals surface area contributed by atoms with Gasteiger partial charge in [0.2, 0.25) is 0 Å². The van der Waals surface area contributed by atoms with Crippen molar-refractivity contribution >= 4 is 11.7 Å². The van der Waals surface area contributed by atoms with E-state index in [1.807, 2.05) is 25.7 Å². The molecule has 1 aliphatic heterocycles. The average Bonchev–Trinajstić information content (AvgIpc) is 2.61. The van der Waals surface area contributed by atoms with E-state index in [1.54, 1.807) is 17.0 Å². The summed E-state index contributed by atoms with van der Waals surface area (Å²) >= 11 is 0. The zero-order chi connectivity index (χ0) is 19.6. The predicted octanol–water partition coefficient (Wildman–Crippen LogP) is 1.85. The van der Waals surface area contributed by atoms with Gasteiger partial charge in [0.25, 0.3) is 5.91 Å². The molecule has 0 aromatic carbocycles. The number of nitrogens with zero attached hydrogens (tertiary/aromatic N) is 4. The lowest BCUT2D eigenvalue weighted by molar-refractivity contribution is 0.0719. The zero-order valence-corrected chi connectivity index (χ0v) is 15.8. The lowest BCUT2D eigenvalue weighted by Gasteiger charge is -2.40. The first-order chi connectivity index (χ1) is 12.8. The summed E-state index contributed by atoms with van der Waals surface area (Å²) in [4.78, 5) is 39.1. The Balaban J connectivity index is 1.73. The van der Waals surface area contributed by atoms with Crippen LogP contribution < -0.4 is 10.6 Å². The molecule has 1 fully saturated rings. The Kier molecular flexibility index (Phi) is 5.53. The van der Waals surface area contributed by atoms with Crippen LogP contribution in [0.15, 0.2) is 29.2 Å². The van der Waals surface area contributed by atoms with E-state index in [0.717, 1.165) is 5.69 Å². The standard InChI is InChI=1S/C19H24FN5O2/c1-12(2)8-15-9-16(23-19(27)22-15)18(26)24-6-7-25(13(3)11-24)17-5-4-14(20)10-21-17/h4-5,9-10,12-13H,6-8,11H2,1-3H3,(H,22,23,27). The number of halogens is 1. The van der Waals surface area contributed by atoms with Crippen LogP contribution in [0.5, 0.6) is 0 Å². The highest BCUT2D eigenvalue weighted by Gasteiger charge is 2.29. The molecule has 0 bridgehead atoms. The number of rotatable bonds is 4. The fraction of sp³-hybridized carbons (Fsp3) is 0.474. The first kappa shape index (κ1) is 19.0. The summed E-state index contributed by atoms with van der Waals surface area (Å²) in [6.45, 7) is 7.62. The van der Waals surface area contributed by atoms with Gasteiger partial charge < -0.3 is 14.8 Å². The maximum absolute atomic E-state index is 13.1. The molecule has 0 saturated carbocycles. The minimum Gasteiger partial charge on any atom is -0.350 e. The summed E-state index contributed by atoms with van der Waals surface area (Å²) < 4.78 is 13.1. The molecule has 1 saturated heterocycles. The van der Waals surface area contributed by atoms with Gasteiger partial charge in [-0.2, -0.15) is 4.98 Å². The second-order valence-corrected chi connectivity index (χ2v) is 7.32. The molecular weight excluding hydrogens is 349 g/mol. The number of piperazine rings is 1. The van der Waals surface area contributed by atoms with Crippen LogP contribution in [-0.2, 0) is 6.42 Å². The molecule has 144 valence electrons. The topological polar surface area (TPSA) is 82.2 Å². The summed E-state index contributed by atoms with van der Waals surface area (Å²) in [6, 6.07) is 4.70. The average molecular weight is 373 g/mol. The van der Waals surface area contributed by atoms with Gasteiger partial charge in [0, 0.05) is 31.4 Å². The van der Waals surface area contributed by atoms with Crippen LogP contribution in [0.1, 0.15) is 37.0 Å². The molecule has 3 rings (SSSR count). The fourth-order valence-electron chi connectivity index (χ4n) is 3.35. The first-order valence-corrected chi connectivity index (χ1v) is 9.11. The molecule has 3 heterocycles. The maximum atomic E-state index is 13.1. The Labute approximate surface area is 157 Å². The van der Waals surface area contributed by atoms with E-state index in [1.165, 1.54) is 12.3 Å². The Morgan fingerprint density at radius 2 is 2.15 bits per heavy atom. The van der Waals surface area contributed by atoms with Gasteiger partial charge in [-0.1, -0.05) is 13.8 Å². The van der Waals surface area contributed by atoms with Crippen LogP contribution in [0, 0.1) is 11.7 Å². The summed E-state index contributed by atoms with van der Waals surface area (Å²) in [7, 11) is 0. The lowest BCUT2D eigenvalue weighted by atomic mass is 10.1. The molecule has 1 N–H and O–H groups in total. The number of hydrogen-bond acceptors (Lipinski definition) is 5. The molecule has 1 atom stereocenters. The summed E-state index contributed by atoms with van der Waals surface area (Å²) in [5.41, 5.74) is 0.393. The molecule has 2 aromatic rings. The van der Waals surface area contributed by atoms with Crippen LogP contribution in [0.25, 0.3) is 0 Å². The van der Waals surface area contributed by atoms with E-state index in [4.69, 9.17) is 0 Å². The van der Waals surface area contributed by atoms with Crippen molar-refractivity contribution in [3.63, 3.8) is 0 Å². The van der Waals surface area contributed by atoms with Crippen molar-refractivity contribution in [3.05, 3.63) is 52.1 Å². The molecule has 1 unspecified atom stereocenters. The number of pyridine rings is 1. The molecule has 8 heteroatoms. The van der Waals surface area contributed by atoms with Crippen molar-refractivity contribution in [2.24, 2.45) is 5.92 Å². The van der Waals surface area contributed by atoms with E-state index in [9.17, 15) is 14.0 Å². The van der Waals surface area contributed by atoms with E-state index >= 15 is 0 Å². The molecule has 0 radical (unpaired) electrons. The van der Waals surface area contributed by atoms with Gasteiger partial charge in [-0.15, -0.1) is 0 Å². The third-order valence-electron chi connectivity index (χ3n) is 4.57. The van der Waals surface area contributed by atoms with Gasteiger partial charge in [0.15, 0.2) is 0 Å². The van der Waals surface area contributed by atoms with Gasteiger partial charge >= 0.3 is 5.69 Å². The van der Waals surface area contributed by atoms with Crippen LogP contribution in [0.4, 0.5) is 10.2 Å². The van der Waals surface area contributed by atoms with Crippen molar-refractivity contribution in [2.75, 3.05) is 24.5 Å². The quantitative estimate of drug-likeness (QED) is 0.885. The number of aromatic amines is 1. The third-order valence-corrected chi connectivity index (χ3v) is 4.57. The second-order valence-electron chi connectivity index (χ2n) is 7.32. The van der Waals surface area contributed by atoms with Gasteiger partial charge in [0.05, 0.1) is 6.20 Å².